The summed E-state index contributed by atoms with van der Waals surface area (Å²) in [4.78, 5) is 22.2. The van der Waals surface area contributed by atoms with Crippen molar-refractivity contribution in [3.8, 4) is 10.6 Å². The molecular weight excluding hydrogens is 329 g/mol. The van der Waals surface area contributed by atoms with Crippen molar-refractivity contribution in [2.24, 2.45) is 0 Å². The Morgan fingerprint density at radius 1 is 1.22 bits per heavy atom. The van der Waals surface area contributed by atoms with E-state index in [1.807, 2.05) is 0 Å². The van der Waals surface area contributed by atoms with Crippen molar-refractivity contribution < 1.29 is 13.2 Å². The Morgan fingerprint density at radius 3 is 2.74 bits per heavy atom. The minimum atomic E-state index is -4.42. The number of aromatic amines is 1. The van der Waals surface area contributed by atoms with Crippen molar-refractivity contribution in [2.75, 3.05) is 5.32 Å². The van der Waals surface area contributed by atoms with Crippen LogP contribution in [0.5, 0.6) is 0 Å². The van der Waals surface area contributed by atoms with Crippen LogP contribution in [-0.2, 0) is 6.18 Å². The average Bonchev–Trinajstić information content (AvgIpc) is 2.94. The molecule has 0 amide bonds. The zero-order chi connectivity index (χ0) is 16.4. The number of aromatic nitrogens is 3. The third kappa shape index (κ3) is 3.57. The summed E-state index contributed by atoms with van der Waals surface area (Å²) in [6.07, 6.45) is -1.44. The van der Waals surface area contributed by atoms with Crippen LogP contribution in [0.15, 0.2) is 47.5 Å². The van der Waals surface area contributed by atoms with Crippen LogP contribution in [0, 0.1) is 0 Å². The highest BCUT2D eigenvalue weighted by atomic mass is 32.1. The molecule has 0 fully saturated rings. The number of nitrogens with zero attached hydrogens (tertiary/aromatic N) is 2. The van der Waals surface area contributed by atoms with Gasteiger partial charge in [0.25, 0.3) is 0 Å². The molecule has 1 aromatic carbocycles. The number of hydrogen-bond donors (Lipinski definition) is 2. The lowest BCUT2D eigenvalue weighted by atomic mass is 10.2. The molecule has 2 N–H and O–H groups in total. The van der Waals surface area contributed by atoms with Crippen molar-refractivity contribution in [3.05, 3.63) is 58.0 Å². The molecule has 5 nitrogen and oxygen atoms in total. The number of nitrogens with one attached hydrogen (secondary N) is 2. The molecule has 3 aromatic rings. The minimum Gasteiger partial charge on any atom is -0.324 e. The maximum Gasteiger partial charge on any atom is 0.416 e. The molecule has 0 aliphatic rings. The van der Waals surface area contributed by atoms with Crippen LogP contribution in [0.2, 0.25) is 0 Å². The molecule has 2 heterocycles. The summed E-state index contributed by atoms with van der Waals surface area (Å²) in [5.74, 6) is 0.141. The van der Waals surface area contributed by atoms with Gasteiger partial charge in [0.15, 0.2) is 0 Å². The van der Waals surface area contributed by atoms with Crippen LogP contribution in [-0.4, -0.2) is 15.0 Å². The van der Waals surface area contributed by atoms with Gasteiger partial charge in [0.2, 0.25) is 5.95 Å². The van der Waals surface area contributed by atoms with Gasteiger partial charge in [0, 0.05) is 18.1 Å². The maximum absolute atomic E-state index is 12.7. The largest absolute Gasteiger partial charge is 0.416 e. The SMILES string of the molecule is O=c1[nH]cc(-c2ccnc(Nc3cccc(C(F)(F)F)c3)n2)s1. The quantitative estimate of drug-likeness (QED) is 0.765. The fourth-order valence-electron chi connectivity index (χ4n) is 1.87. The number of H-pyrrole nitrogens is 1. The highest BCUT2D eigenvalue weighted by molar-refractivity contribution is 7.12. The Labute approximate surface area is 131 Å². The first-order valence-corrected chi connectivity index (χ1v) is 7.20. The van der Waals surface area contributed by atoms with Crippen LogP contribution < -0.4 is 10.2 Å². The van der Waals surface area contributed by atoms with Gasteiger partial charge in [-0.15, -0.1) is 0 Å². The number of benzene rings is 1. The van der Waals surface area contributed by atoms with Crippen LogP contribution >= 0.6 is 11.3 Å². The Balaban J connectivity index is 1.88. The van der Waals surface area contributed by atoms with E-state index in [4.69, 9.17) is 0 Å². The molecule has 0 atom stereocenters. The standard InChI is InChI=1S/C14H9F3N4OS/c15-14(16,17)8-2-1-3-9(6-8)20-12-18-5-4-10(21-12)11-7-19-13(22)23-11/h1-7H,(H,19,22)(H,18,20,21). The van der Waals surface area contributed by atoms with Crippen molar-refractivity contribution in [3.63, 3.8) is 0 Å². The second-order valence-corrected chi connectivity index (χ2v) is 5.53. The number of halogens is 3. The van der Waals surface area contributed by atoms with E-state index in [9.17, 15) is 18.0 Å². The van der Waals surface area contributed by atoms with E-state index in [-0.39, 0.29) is 16.5 Å². The molecule has 0 spiro atoms. The zero-order valence-electron chi connectivity index (χ0n) is 11.4. The van der Waals surface area contributed by atoms with Crippen molar-refractivity contribution in [2.45, 2.75) is 6.18 Å². The molecule has 118 valence electrons. The van der Waals surface area contributed by atoms with Gasteiger partial charge in [-0.2, -0.15) is 13.2 Å². The van der Waals surface area contributed by atoms with E-state index >= 15 is 0 Å². The van der Waals surface area contributed by atoms with E-state index in [1.165, 1.54) is 24.5 Å². The molecule has 3 rings (SSSR count). The molecule has 0 bridgehead atoms. The van der Waals surface area contributed by atoms with Crippen LogP contribution in [0.3, 0.4) is 0 Å². The predicted molar refractivity (Wildman–Crippen MR) is 80.7 cm³/mol. The summed E-state index contributed by atoms with van der Waals surface area (Å²) in [5.41, 5.74) is -0.0421. The summed E-state index contributed by atoms with van der Waals surface area (Å²) >= 11 is 0.984. The van der Waals surface area contributed by atoms with Gasteiger partial charge in [-0.3, -0.25) is 4.79 Å². The molecule has 23 heavy (non-hydrogen) atoms. The molecule has 0 saturated heterocycles. The lowest BCUT2D eigenvalue weighted by Crippen LogP contribution is -2.05. The molecule has 0 saturated carbocycles. The van der Waals surface area contributed by atoms with Crippen LogP contribution in [0.4, 0.5) is 24.8 Å². The van der Waals surface area contributed by atoms with E-state index in [0.717, 1.165) is 23.5 Å². The summed E-state index contributed by atoms with van der Waals surface area (Å²) in [6, 6.07) is 6.35. The monoisotopic (exact) mass is 338 g/mol. The zero-order valence-corrected chi connectivity index (χ0v) is 12.2. The number of rotatable bonds is 3. The van der Waals surface area contributed by atoms with Crippen molar-refractivity contribution >= 4 is 23.0 Å². The first-order valence-electron chi connectivity index (χ1n) is 6.38. The lowest BCUT2D eigenvalue weighted by molar-refractivity contribution is -0.137. The Bertz CT molecular complexity index is 888. The smallest absolute Gasteiger partial charge is 0.324 e. The highest BCUT2D eigenvalue weighted by Crippen LogP contribution is 2.31. The normalized spacial score (nSPS) is 11.4. The van der Waals surface area contributed by atoms with Crippen molar-refractivity contribution in [1.29, 1.82) is 0 Å². The van der Waals surface area contributed by atoms with E-state index in [2.05, 4.69) is 20.3 Å². The van der Waals surface area contributed by atoms with Gasteiger partial charge in [-0.25, -0.2) is 9.97 Å². The fourth-order valence-corrected chi connectivity index (χ4v) is 2.52. The Morgan fingerprint density at radius 2 is 2.04 bits per heavy atom. The van der Waals surface area contributed by atoms with Gasteiger partial charge >= 0.3 is 11.0 Å². The molecule has 0 unspecified atom stereocenters. The van der Waals surface area contributed by atoms with Gasteiger partial charge in [-0.05, 0) is 24.3 Å². The van der Waals surface area contributed by atoms with E-state index in [0.29, 0.717) is 10.6 Å². The summed E-state index contributed by atoms with van der Waals surface area (Å²) in [5, 5.41) is 2.73. The maximum atomic E-state index is 12.7. The second-order valence-electron chi connectivity index (χ2n) is 4.51. The van der Waals surface area contributed by atoms with Gasteiger partial charge in [-0.1, -0.05) is 17.4 Å². The minimum absolute atomic E-state index is 0.141. The van der Waals surface area contributed by atoms with Crippen LogP contribution in [0.25, 0.3) is 10.6 Å². The number of thiazole rings is 1. The number of anilines is 2. The van der Waals surface area contributed by atoms with E-state index in [1.54, 1.807) is 6.07 Å². The Hall–Kier alpha value is -2.68. The predicted octanol–water partition coefficient (Wildman–Crippen LogP) is 3.66. The fraction of sp³-hybridized carbons (Fsp3) is 0.0714. The molecule has 2 aromatic heterocycles. The summed E-state index contributed by atoms with van der Waals surface area (Å²) in [6.45, 7) is 0. The molecular formula is C14H9F3N4OS. The van der Waals surface area contributed by atoms with E-state index < -0.39 is 11.7 Å². The average molecular weight is 338 g/mol. The first kappa shape index (κ1) is 15.2. The van der Waals surface area contributed by atoms with Crippen molar-refractivity contribution in [1.82, 2.24) is 15.0 Å². The molecule has 9 heteroatoms. The van der Waals surface area contributed by atoms with Gasteiger partial charge in [0.1, 0.15) is 0 Å². The van der Waals surface area contributed by atoms with Crippen LogP contribution in [0.1, 0.15) is 5.56 Å². The third-order valence-electron chi connectivity index (χ3n) is 2.88. The first-order chi connectivity index (χ1) is 10.9. The molecule has 0 radical (unpaired) electrons. The third-order valence-corrected chi connectivity index (χ3v) is 3.73. The van der Waals surface area contributed by atoms with Gasteiger partial charge < -0.3 is 10.3 Å². The second kappa shape index (κ2) is 5.84. The topological polar surface area (TPSA) is 70.7 Å². The summed E-state index contributed by atoms with van der Waals surface area (Å²) < 4.78 is 38.1. The molecule has 0 aliphatic heterocycles. The number of hydrogen-bond acceptors (Lipinski definition) is 5. The number of alkyl halides is 3. The Kier molecular flexibility index (Phi) is 3.87. The summed E-state index contributed by atoms with van der Waals surface area (Å²) in [7, 11) is 0. The molecule has 0 aliphatic carbocycles. The van der Waals surface area contributed by atoms with Gasteiger partial charge in [0.05, 0.1) is 16.1 Å². The lowest BCUT2D eigenvalue weighted by Gasteiger charge is -2.10. The highest BCUT2D eigenvalue weighted by Gasteiger charge is 2.30.